The van der Waals surface area contributed by atoms with Gasteiger partial charge in [0.15, 0.2) is 0 Å². The van der Waals surface area contributed by atoms with E-state index in [2.05, 4.69) is 133 Å². The van der Waals surface area contributed by atoms with Crippen molar-refractivity contribution in [3.8, 4) is 134 Å². The average Bonchev–Trinajstić information content (AvgIpc) is 0.677. The molecule has 0 aliphatic heterocycles. The van der Waals surface area contributed by atoms with Crippen molar-refractivity contribution in [3.63, 3.8) is 0 Å². The molecule has 0 N–H and O–H groups in total. The molecule has 0 amide bonds. The van der Waals surface area contributed by atoms with Crippen LogP contribution in [-0.4, -0.2) is 0 Å². The van der Waals surface area contributed by atoms with Crippen LogP contribution in [0.4, 0.5) is 0 Å². The van der Waals surface area contributed by atoms with E-state index in [1.54, 1.807) is 12.1 Å². The minimum atomic E-state index is -1.20. The van der Waals surface area contributed by atoms with Crippen molar-refractivity contribution >= 4 is 194 Å². The van der Waals surface area contributed by atoms with Crippen LogP contribution in [0.5, 0.6) is 0 Å². The van der Waals surface area contributed by atoms with E-state index in [1.165, 1.54) is 38.4 Å². The van der Waals surface area contributed by atoms with Gasteiger partial charge in [0, 0.05) is 0 Å². The van der Waals surface area contributed by atoms with Crippen molar-refractivity contribution < 1.29 is 69.9 Å². The van der Waals surface area contributed by atoms with Crippen LogP contribution in [-0.2, 0) is 0 Å². The minimum Gasteiger partial charge on any atom is -0.0622 e. The van der Waals surface area contributed by atoms with Crippen LogP contribution in [0, 0.1) is 0 Å². The summed E-state index contributed by atoms with van der Waals surface area (Å²) in [5.74, 6) is 0. The van der Waals surface area contributed by atoms with Crippen molar-refractivity contribution in [1.29, 1.82) is 0 Å². The minimum absolute atomic E-state index is 0.0119. The van der Waals surface area contributed by atoms with E-state index < -0.39 is 388 Å². The van der Waals surface area contributed by atoms with E-state index in [1.807, 2.05) is 84.9 Å². The van der Waals surface area contributed by atoms with Crippen LogP contribution in [0.3, 0.4) is 0 Å². The summed E-state index contributed by atoms with van der Waals surface area (Å²) in [6, 6.07) is 41.6. The summed E-state index contributed by atoms with van der Waals surface area (Å²) < 4.78 is 468. The molecule has 0 heterocycles. The van der Waals surface area contributed by atoms with Gasteiger partial charge in [-0.2, -0.15) is 0 Å². The summed E-state index contributed by atoms with van der Waals surface area (Å²) in [5, 5.41) is 6.16. The third-order valence-corrected chi connectivity index (χ3v) is 28.8. The second-order valence-electron chi connectivity index (χ2n) is 36.8. The molecule has 0 aliphatic rings. The Bertz CT molecular complexity index is 14400. The monoisotopic (exact) mass is 1940 g/mol. The van der Waals surface area contributed by atoms with Gasteiger partial charge in [-0.3, -0.25) is 0 Å². The van der Waals surface area contributed by atoms with Gasteiger partial charge in [-0.15, -0.1) is 0 Å². The van der Waals surface area contributed by atoms with Crippen molar-refractivity contribution in [3.05, 3.63) is 545 Å². The zero-order valence-corrected chi connectivity index (χ0v) is 78.0. The van der Waals surface area contributed by atoms with Gasteiger partial charge in [0.25, 0.3) is 0 Å². The first-order valence-electron chi connectivity index (χ1n) is 73.7. The van der Waals surface area contributed by atoms with Crippen LogP contribution < -0.4 is 0 Å². The Morgan fingerprint density at radius 3 is 0.807 bits per heavy atom. The van der Waals surface area contributed by atoms with Gasteiger partial charge < -0.3 is 0 Å². The predicted octanol–water partition coefficient (Wildman–Crippen LogP) is 42.4. The molecule has 0 saturated heterocycles. The molecule has 0 heteroatoms. The maximum atomic E-state index is 10.4. The van der Waals surface area contributed by atoms with Gasteiger partial charge in [0.2, 0.25) is 0 Å². The molecule has 0 spiro atoms. The lowest BCUT2D eigenvalue weighted by Crippen LogP contribution is -1.92. The Kier molecular flexibility index (Phi) is 11.1. The molecule has 0 aliphatic carbocycles. The number of benzene rings is 33. The fourth-order valence-corrected chi connectivity index (χ4v) is 21.8. The highest BCUT2D eigenvalue weighted by atomic mass is 14.3. The topological polar surface area (TPSA) is 0 Å². The molecule has 33 aromatic rings. The summed E-state index contributed by atoms with van der Waals surface area (Å²) in [6.07, 6.45) is 0. The van der Waals surface area contributed by atoms with E-state index in [0.29, 0.717) is 27.8 Å². The smallest absolute Gasteiger partial charge is 0.0622 e. The van der Waals surface area contributed by atoms with Gasteiger partial charge >= 0.3 is 0 Å². The summed E-state index contributed by atoms with van der Waals surface area (Å²) in [4.78, 5) is 0. The predicted molar refractivity (Wildman–Crippen MR) is 647 cm³/mol. The van der Waals surface area contributed by atoms with Crippen LogP contribution >= 0.6 is 0 Å². The van der Waals surface area contributed by atoms with Crippen LogP contribution in [0.1, 0.15) is 69.9 Å². The van der Waals surface area contributed by atoms with E-state index in [4.69, 9.17) is 34.3 Å². The Morgan fingerprint density at radius 1 is 0.100 bits per heavy atom. The van der Waals surface area contributed by atoms with Crippen molar-refractivity contribution in [1.82, 2.24) is 0 Å². The molecule has 690 valence electrons. The lowest BCUT2D eigenvalue weighted by atomic mass is 9.84. The molecule has 0 radical (unpaired) electrons. The molecular formula is C150H90. The van der Waals surface area contributed by atoms with Gasteiger partial charge in [-0.1, -0.05) is 527 Å². The number of hydrogen-bond donors (Lipinski definition) is 0. The summed E-state index contributed by atoms with van der Waals surface area (Å²) in [7, 11) is 0. The van der Waals surface area contributed by atoms with Crippen molar-refractivity contribution in [2.24, 2.45) is 0 Å². The fraction of sp³-hybridized carbons (Fsp3) is 0. The van der Waals surface area contributed by atoms with Crippen molar-refractivity contribution in [2.45, 2.75) is 0 Å². The number of hydrogen-bond acceptors (Lipinski definition) is 0. The zero-order chi connectivity index (χ0) is 143. The Hall–Kier alpha value is -19.5. The lowest BCUT2D eigenvalue weighted by molar-refractivity contribution is 1.58. The molecule has 0 unspecified atom stereocenters. The summed E-state index contributed by atoms with van der Waals surface area (Å²) in [6.45, 7) is 0. The third kappa shape index (κ3) is 13.6. The quantitative estimate of drug-likeness (QED) is 0.107. The Labute approximate surface area is 938 Å². The van der Waals surface area contributed by atoms with E-state index in [0.717, 1.165) is 71.3 Å². The molecule has 0 fully saturated rings. The average molecular weight is 1940 g/mol. The molecular weight excluding hydrogens is 1800 g/mol. The van der Waals surface area contributed by atoms with Crippen molar-refractivity contribution in [2.75, 3.05) is 0 Å². The van der Waals surface area contributed by atoms with Crippen LogP contribution in [0.25, 0.3) is 327 Å². The highest BCUT2D eigenvalue weighted by Gasteiger charge is 2.26. The van der Waals surface area contributed by atoms with Gasteiger partial charge in [0.05, 0.1) is 69.9 Å². The Balaban J connectivity index is 0.000000127. The highest BCUT2D eigenvalue weighted by molar-refractivity contribution is 6.33. The lowest BCUT2D eigenvalue weighted by Gasteiger charge is -2.19. The zero-order valence-electron chi connectivity index (χ0n) is 129. The van der Waals surface area contributed by atoms with Crippen LogP contribution in [0.15, 0.2) is 545 Å². The van der Waals surface area contributed by atoms with E-state index in [-0.39, 0.29) is 116 Å². The molecule has 0 atom stereocenters. The first-order valence-corrected chi connectivity index (χ1v) is 48.2. The molecule has 0 nitrogen and oxygen atoms in total. The first-order chi connectivity index (χ1) is 95.7. The summed E-state index contributed by atoms with van der Waals surface area (Å²) in [5.41, 5.74) is 2.28. The maximum Gasteiger partial charge on any atom is 0.0636 e. The number of rotatable bonds is 12. The van der Waals surface area contributed by atoms with Gasteiger partial charge in [-0.25, -0.2) is 0 Å². The molecule has 33 aromatic carbocycles. The van der Waals surface area contributed by atoms with Gasteiger partial charge in [0.1, 0.15) is 0 Å². The van der Waals surface area contributed by atoms with Crippen LogP contribution in [0.2, 0.25) is 0 Å². The third-order valence-electron chi connectivity index (χ3n) is 28.8. The Morgan fingerprint density at radius 2 is 0.367 bits per heavy atom. The molecule has 0 saturated carbocycles. The normalized spacial score (nSPS) is 16.8. The largest absolute Gasteiger partial charge is 0.0636 e. The summed E-state index contributed by atoms with van der Waals surface area (Å²) >= 11 is 0. The second-order valence-corrected chi connectivity index (χ2v) is 36.8. The second kappa shape index (κ2) is 34.1. The van der Waals surface area contributed by atoms with E-state index >= 15 is 0 Å². The standard InChI is InChI=1S/3C50H30/c3*1-2-6-31(7-3-1)32-12-14-33(15-13-32)41-26-24-40(42-25-20-38-18-16-34-8-4-10-36-22-28-44(42)49(38)47(34)36)30-46(41)43-27-21-39-19-17-35-9-5-11-37-23-29-45(43)50(39)48(35)37/h3*1-30H/i1D,2D,3D,4D,5D,6D,7D,8D,9D,10D,11D,12D,13D,14D,15D,16D,17D,18D,19D,20D,21D,22D,23D,24D,25D,26D,27D,28D,29D,30D;4D,5D,8D,9D,10D,11D,16D,17D,18D,19D,20D,21D,22D,23D,25D,27D,28D,29D;24D,26D,30D. The van der Waals surface area contributed by atoms with Gasteiger partial charge in [-0.05, 0) is 346 Å². The molecule has 0 bridgehead atoms. The molecule has 33 rings (SSSR count). The molecule has 150 heavy (non-hydrogen) atoms. The van der Waals surface area contributed by atoms with E-state index in [9.17, 15) is 35.6 Å². The molecule has 0 aromatic heterocycles. The SMILES string of the molecule is [2H]c1c([2H])c(-c2ccc(-c3ccccc3)cc2)c(-c2ccc3ccc4cccc5ccc2c3c45)c([2H])c1-c1ccc2ccc3cccc4ccc1c2c34.[2H]c1c([2H])c([2H])c(-c2c([2H])c([2H])c(-c3c([2H])c([2H])c(-c4c([2H])c([2H])c5c([2H])c([2H])c6c([2H])c([2H])c([2H])c7c([2H])c([2H])c4c5c67)c([2H])c3-c3c([2H])c([2H])c4c([2H])c([2H])c5c([2H])c([2H])c([2H])c6c([2H])c([2H])c3c4c56)c([2H])c2[2H])c([2H])c1[2H].[2H]c1c([2H])c2c([2H])c([2H])c3c([2H])c([2H])c(-c4ccc(-c5ccc(-c6ccccc6)cc5)c(-c5c([2H])c([2H])c6c([2H])c([2H])c7c([2H])c([2H])c([2H])c8c([2H])c([2H])c5c6c78)c4)c4c([2H])c([2H])c(c1[2H])c2c34. The highest BCUT2D eigenvalue weighted by Crippen LogP contribution is 2.53. The maximum absolute atomic E-state index is 10.4. The fourth-order valence-electron chi connectivity index (χ4n) is 21.8. The first kappa shape index (κ1) is 48.9.